The van der Waals surface area contributed by atoms with Crippen molar-refractivity contribution in [2.24, 2.45) is 0 Å². The zero-order valence-electron chi connectivity index (χ0n) is 10.2. The van der Waals surface area contributed by atoms with Crippen LogP contribution >= 0.6 is 35.5 Å². The van der Waals surface area contributed by atoms with Gasteiger partial charge in [-0.05, 0) is 30.0 Å². The molecule has 0 saturated carbocycles. The second kappa shape index (κ2) is 5.77. The van der Waals surface area contributed by atoms with E-state index < -0.39 is 0 Å². The summed E-state index contributed by atoms with van der Waals surface area (Å²) in [6.45, 7) is 0. The van der Waals surface area contributed by atoms with Crippen LogP contribution < -0.4 is 5.73 Å². The normalized spacial score (nSPS) is 10.4. The van der Waals surface area contributed by atoms with Gasteiger partial charge in [-0.2, -0.15) is 0 Å². The number of thiazole rings is 1. The van der Waals surface area contributed by atoms with E-state index in [0.717, 1.165) is 26.2 Å². The van der Waals surface area contributed by atoms with Gasteiger partial charge >= 0.3 is 0 Å². The molecule has 0 saturated heterocycles. The van der Waals surface area contributed by atoms with Crippen LogP contribution in [0, 0.1) is 0 Å². The molecule has 0 spiro atoms. The van der Waals surface area contributed by atoms with Crippen LogP contribution in [0.3, 0.4) is 0 Å². The van der Waals surface area contributed by atoms with E-state index in [9.17, 15) is 0 Å². The Labute approximate surface area is 125 Å². The SMILES string of the molecule is CSc1cncc(-c2ccc3nc(N)sc3c2)c1.Cl. The number of anilines is 1. The van der Waals surface area contributed by atoms with Crippen LogP contribution in [-0.4, -0.2) is 16.2 Å². The first kappa shape index (κ1) is 14.1. The number of nitrogen functional groups attached to an aromatic ring is 1. The molecule has 2 N–H and O–H groups in total. The molecular formula is C13H12ClN3S2. The van der Waals surface area contributed by atoms with Crippen molar-refractivity contribution >= 4 is 50.9 Å². The number of rotatable bonds is 2. The van der Waals surface area contributed by atoms with Gasteiger partial charge in [0, 0.05) is 22.9 Å². The van der Waals surface area contributed by atoms with Crippen LogP contribution in [0.1, 0.15) is 0 Å². The molecule has 0 fully saturated rings. The number of benzene rings is 1. The third kappa shape index (κ3) is 2.83. The first-order valence-electron chi connectivity index (χ1n) is 5.42. The lowest BCUT2D eigenvalue weighted by Gasteiger charge is -2.03. The number of thioether (sulfide) groups is 1. The zero-order valence-corrected chi connectivity index (χ0v) is 12.6. The number of halogens is 1. The topological polar surface area (TPSA) is 51.8 Å². The Morgan fingerprint density at radius 1 is 1.16 bits per heavy atom. The Balaban J connectivity index is 0.00000133. The van der Waals surface area contributed by atoms with Crippen molar-refractivity contribution in [3.63, 3.8) is 0 Å². The maximum absolute atomic E-state index is 5.72. The largest absolute Gasteiger partial charge is 0.375 e. The Morgan fingerprint density at radius 2 is 2.00 bits per heavy atom. The van der Waals surface area contributed by atoms with Crippen molar-refractivity contribution in [2.45, 2.75) is 4.90 Å². The number of aromatic nitrogens is 2. The zero-order chi connectivity index (χ0) is 12.5. The summed E-state index contributed by atoms with van der Waals surface area (Å²) in [6, 6.07) is 8.32. The molecule has 0 unspecified atom stereocenters. The molecule has 3 nitrogen and oxygen atoms in total. The molecule has 0 aliphatic rings. The summed E-state index contributed by atoms with van der Waals surface area (Å²) in [5.41, 5.74) is 8.94. The molecule has 2 aromatic heterocycles. The van der Waals surface area contributed by atoms with Gasteiger partial charge in [0.2, 0.25) is 0 Å². The van der Waals surface area contributed by atoms with E-state index in [2.05, 4.69) is 28.2 Å². The van der Waals surface area contributed by atoms with Crippen molar-refractivity contribution in [3.05, 3.63) is 36.7 Å². The lowest BCUT2D eigenvalue weighted by atomic mass is 10.1. The fourth-order valence-corrected chi connectivity index (χ4v) is 2.99. The molecule has 0 aliphatic heterocycles. The van der Waals surface area contributed by atoms with Gasteiger partial charge in [-0.3, -0.25) is 4.98 Å². The minimum atomic E-state index is 0. The highest BCUT2D eigenvalue weighted by molar-refractivity contribution is 7.98. The van der Waals surface area contributed by atoms with Gasteiger partial charge in [0.05, 0.1) is 10.2 Å². The monoisotopic (exact) mass is 309 g/mol. The Morgan fingerprint density at radius 3 is 2.79 bits per heavy atom. The molecule has 1 aromatic carbocycles. The van der Waals surface area contributed by atoms with Crippen molar-refractivity contribution < 1.29 is 0 Å². The van der Waals surface area contributed by atoms with E-state index in [-0.39, 0.29) is 12.4 Å². The average molecular weight is 310 g/mol. The molecule has 3 rings (SSSR count). The van der Waals surface area contributed by atoms with Gasteiger partial charge in [0.25, 0.3) is 0 Å². The molecule has 0 aliphatic carbocycles. The van der Waals surface area contributed by atoms with E-state index in [1.54, 1.807) is 11.8 Å². The van der Waals surface area contributed by atoms with Crippen LogP contribution in [0.2, 0.25) is 0 Å². The van der Waals surface area contributed by atoms with E-state index in [0.29, 0.717) is 5.13 Å². The number of fused-ring (bicyclic) bond motifs is 1. The van der Waals surface area contributed by atoms with Gasteiger partial charge in [-0.25, -0.2) is 4.98 Å². The van der Waals surface area contributed by atoms with Gasteiger partial charge in [0.1, 0.15) is 0 Å². The summed E-state index contributed by atoms with van der Waals surface area (Å²) in [7, 11) is 0. The highest BCUT2D eigenvalue weighted by Crippen LogP contribution is 2.30. The molecule has 98 valence electrons. The highest BCUT2D eigenvalue weighted by Gasteiger charge is 2.04. The van der Waals surface area contributed by atoms with Crippen molar-refractivity contribution in [1.29, 1.82) is 0 Å². The summed E-state index contributed by atoms with van der Waals surface area (Å²) < 4.78 is 1.11. The second-order valence-electron chi connectivity index (χ2n) is 3.85. The second-order valence-corrected chi connectivity index (χ2v) is 5.79. The van der Waals surface area contributed by atoms with Gasteiger partial charge in [-0.15, -0.1) is 24.2 Å². The Hall–Kier alpha value is -1.30. The third-order valence-corrected chi connectivity index (χ3v) is 4.23. The summed E-state index contributed by atoms with van der Waals surface area (Å²) in [5, 5.41) is 0.609. The van der Waals surface area contributed by atoms with Crippen LogP contribution in [-0.2, 0) is 0 Å². The molecule has 0 bridgehead atoms. The predicted molar refractivity (Wildman–Crippen MR) is 86.3 cm³/mol. The lowest BCUT2D eigenvalue weighted by Crippen LogP contribution is -1.82. The van der Waals surface area contributed by atoms with Crippen LogP contribution in [0.25, 0.3) is 21.3 Å². The predicted octanol–water partition coefficient (Wildman–Crippen LogP) is 4.08. The molecule has 0 atom stereocenters. The fourth-order valence-electron chi connectivity index (χ4n) is 1.81. The maximum atomic E-state index is 5.72. The molecule has 19 heavy (non-hydrogen) atoms. The summed E-state index contributed by atoms with van der Waals surface area (Å²) >= 11 is 3.21. The van der Waals surface area contributed by atoms with Crippen LogP contribution in [0.5, 0.6) is 0 Å². The van der Waals surface area contributed by atoms with Crippen LogP contribution in [0.15, 0.2) is 41.6 Å². The van der Waals surface area contributed by atoms with E-state index >= 15 is 0 Å². The van der Waals surface area contributed by atoms with E-state index in [1.165, 1.54) is 11.3 Å². The number of nitrogens with zero attached hydrogens (tertiary/aromatic N) is 2. The number of pyridine rings is 1. The average Bonchev–Trinajstić information content (AvgIpc) is 2.77. The lowest BCUT2D eigenvalue weighted by molar-refractivity contribution is 1.24. The molecule has 0 amide bonds. The smallest absolute Gasteiger partial charge is 0.181 e. The Bertz CT molecular complexity index is 712. The quantitative estimate of drug-likeness (QED) is 0.725. The van der Waals surface area contributed by atoms with E-state index in [4.69, 9.17) is 5.73 Å². The van der Waals surface area contributed by atoms with Gasteiger partial charge < -0.3 is 5.73 Å². The van der Waals surface area contributed by atoms with Gasteiger partial charge in [-0.1, -0.05) is 17.4 Å². The molecule has 3 aromatic rings. The molecule has 2 heterocycles. The van der Waals surface area contributed by atoms with Crippen LogP contribution in [0.4, 0.5) is 5.13 Å². The highest BCUT2D eigenvalue weighted by atomic mass is 35.5. The van der Waals surface area contributed by atoms with Crippen molar-refractivity contribution in [1.82, 2.24) is 9.97 Å². The molecular weight excluding hydrogens is 298 g/mol. The number of hydrogen-bond donors (Lipinski definition) is 1. The minimum absolute atomic E-state index is 0. The first-order chi connectivity index (χ1) is 8.76. The van der Waals surface area contributed by atoms with Crippen molar-refractivity contribution in [2.75, 3.05) is 12.0 Å². The maximum Gasteiger partial charge on any atom is 0.181 e. The summed E-state index contributed by atoms with van der Waals surface area (Å²) in [5.74, 6) is 0. The third-order valence-electron chi connectivity index (χ3n) is 2.69. The molecule has 0 radical (unpaired) electrons. The first-order valence-corrected chi connectivity index (χ1v) is 7.46. The number of hydrogen-bond acceptors (Lipinski definition) is 5. The van der Waals surface area contributed by atoms with Crippen molar-refractivity contribution in [3.8, 4) is 11.1 Å². The standard InChI is InChI=1S/C13H11N3S2.ClH/c1-17-10-4-9(6-15-7-10)8-2-3-11-12(5-8)18-13(14)16-11;/h2-7H,1H3,(H2,14,16);1H. The fraction of sp³-hybridized carbons (Fsp3) is 0.0769. The summed E-state index contributed by atoms with van der Waals surface area (Å²) in [6.07, 6.45) is 5.80. The van der Waals surface area contributed by atoms with Gasteiger partial charge in [0.15, 0.2) is 5.13 Å². The number of nitrogens with two attached hydrogens (primary N) is 1. The Kier molecular flexibility index (Phi) is 4.29. The minimum Gasteiger partial charge on any atom is -0.375 e. The van der Waals surface area contributed by atoms with E-state index in [1.807, 2.05) is 24.7 Å². The summed E-state index contributed by atoms with van der Waals surface area (Å²) in [4.78, 5) is 9.68. The molecule has 6 heteroatoms.